The van der Waals surface area contributed by atoms with Crippen LogP contribution in [0.1, 0.15) is 38.9 Å². The van der Waals surface area contributed by atoms with Crippen LogP contribution in [-0.4, -0.2) is 23.1 Å². The smallest absolute Gasteiger partial charge is 0.158 e. The molecule has 100 valence electrons. The molecular formula is C13H20ClN3O. The second-order valence-electron chi connectivity index (χ2n) is 5.50. The highest BCUT2D eigenvalue weighted by molar-refractivity contribution is 6.29. The highest BCUT2D eigenvalue weighted by Gasteiger charge is 2.34. The predicted molar refractivity (Wildman–Crippen MR) is 72.8 cm³/mol. The van der Waals surface area contributed by atoms with Gasteiger partial charge in [0, 0.05) is 19.2 Å². The number of hydrogen-bond donors (Lipinski definition) is 1. The highest BCUT2D eigenvalue weighted by Crippen LogP contribution is 2.38. The molecule has 1 atom stereocenters. The monoisotopic (exact) mass is 269 g/mol. The van der Waals surface area contributed by atoms with Crippen LogP contribution in [0.25, 0.3) is 0 Å². The van der Waals surface area contributed by atoms with E-state index in [1.165, 1.54) is 19.3 Å². The summed E-state index contributed by atoms with van der Waals surface area (Å²) in [6, 6.07) is 2.22. The zero-order chi connectivity index (χ0) is 13.2. The van der Waals surface area contributed by atoms with E-state index in [4.69, 9.17) is 16.3 Å². The first kappa shape index (κ1) is 13.6. The topological polar surface area (TPSA) is 47.0 Å². The molecular weight excluding hydrogens is 250 g/mol. The number of halogens is 1. The number of nitrogens with zero attached hydrogens (tertiary/aromatic N) is 2. The Morgan fingerprint density at radius 1 is 1.50 bits per heavy atom. The number of hydrogen-bond acceptors (Lipinski definition) is 4. The lowest BCUT2D eigenvalue weighted by atomic mass is 9.87. The van der Waals surface area contributed by atoms with Crippen molar-refractivity contribution < 1.29 is 4.74 Å². The van der Waals surface area contributed by atoms with Gasteiger partial charge in [0.15, 0.2) is 5.82 Å². The van der Waals surface area contributed by atoms with Gasteiger partial charge in [0.25, 0.3) is 0 Å². The minimum absolute atomic E-state index is 0.304. The average Bonchev–Trinajstić information content (AvgIpc) is 2.58. The highest BCUT2D eigenvalue weighted by atomic mass is 35.5. The van der Waals surface area contributed by atoms with Crippen molar-refractivity contribution >= 4 is 17.4 Å². The lowest BCUT2D eigenvalue weighted by Gasteiger charge is -2.28. The summed E-state index contributed by atoms with van der Waals surface area (Å²) >= 11 is 6.00. The van der Waals surface area contributed by atoms with E-state index >= 15 is 0 Å². The van der Waals surface area contributed by atoms with Gasteiger partial charge in [-0.05, 0) is 18.3 Å². The fourth-order valence-electron chi connectivity index (χ4n) is 2.51. The largest absolute Gasteiger partial charge is 0.377 e. The Kier molecular flexibility index (Phi) is 4.07. The Balaban J connectivity index is 2.13. The van der Waals surface area contributed by atoms with Crippen LogP contribution in [0.15, 0.2) is 6.07 Å². The number of nitrogens with one attached hydrogen (secondary N) is 1. The standard InChI is InChI=1S/C13H20ClN3O/c1-13(2)6-4-5-9(13)15-11-7-10(14)16-12(17-11)8-18-3/h7,9H,4-6,8H2,1-3H3,(H,15,16,17). The normalized spacial score (nSPS) is 22.1. The number of ether oxygens (including phenoxy) is 1. The molecule has 0 radical (unpaired) electrons. The minimum Gasteiger partial charge on any atom is -0.377 e. The van der Waals surface area contributed by atoms with Crippen molar-refractivity contribution in [2.45, 2.75) is 45.8 Å². The molecule has 0 aliphatic heterocycles. The van der Waals surface area contributed by atoms with Crippen LogP contribution in [-0.2, 0) is 11.3 Å². The maximum absolute atomic E-state index is 6.00. The van der Waals surface area contributed by atoms with Crippen molar-refractivity contribution in [2.24, 2.45) is 5.41 Å². The van der Waals surface area contributed by atoms with Crippen molar-refractivity contribution in [2.75, 3.05) is 12.4 Å². The average molecular weight is 270 g/mol. The van der Waals surface area contributed by atoms with Crippen LogP contribution < -0.4 is 5.32 Å². The van der Waals surface area contributed by atoms with Crippen LogP contribution in [0.3, 0.4) is 0 Å². The quantitative estimate of drug-likeness (QED) is 0.853. The summed E-state index contributed by atoms with van der Waals surface area (Å²) in [5.74, 6) is 1.41. The van der Waals surface area contributed by atoms with Crippen LogP contribution in [0, 0.1) is 5.41 Å². The number of aromatic nitrogens is 2. The Bertz CT molecular complexity index is 423. The van der Waals surface area contributed by atoms with Gasteiger partial charge in [-0.15, -0.1) is 0 Å². The molecule has 0 amide bonds. The van der Waals surface area contributed by atoms with Gasteiger partial charge in [0.1, 0.15) is 17.6 Å². The van der Waals surface area contributed by atoms with Gasteiger partial charge in [-0.1, -0.05) is 31.9 Å². The molecule has 5 heteroatoms. The Labute approximate surface area is 113 Å². The molecule has 1 fully saturated rings. The Morgan fingerprint density at radius 2 is 2.28 bits per heavy atom. The van der Waals surface area contributed by atoms with E-state index in [2.05, 4.69) is 29.1 Å². The van der Waals surface area contributed by atoms with Gasteiger partial charge < -0.3 is 10.1 Å². The molecule has 18 heavy (non-hydrogen) atoms. The van der Waals surface area contributed by atoms with Crippen molar-refractivity contribution in [1.29, 1.82) is 0 Å². The van der Waals surface area contributed by atoms with E-state index in [1.54, 1.807) is 13.2 Å². The number of methoxy groups -OCH3 is 1. The predicted octanol–water partition coefficient (Wildman–Crippen LogP) is 3.27. The van der Waals surface area contributed by atoms with E-state index < -0.39 is 0 Å². The first-order valence-corrected chi connectivity index (χ1v) is 6.68. The molecule has 0 aromatic carbocycles. The zero-order valence-corrected chi connectivity index (χ0v) is 11.9. The molecule has 0 spiro atoms. The van der Waals surface area contributed by atoms with Crippen molar-refractivity contribution in [3.05, 3.63) is 17.0 Å². The second kappa shape index (κ2) is 5.41. The summed E-state index contributed by atoms with van der Waals surface area (Å²) in [6.45, 7) is 4.95. The summed E-state index contributed by atoms with van der Waals surface area (Å²) < 4.78 is 5.04. The molecule has 1 aliphatic carbocycles. The van der Waals surface area contributed by atoms with E-state index in [-0.39, 0.29) is 0 Å². The molecule has 0 bridgehead atoms. The van der Waals surface area contributed by atoms with Gasteiger partial charge in [-0.2, -0.15) is 0 Å². The first-order valence-electron chi connectivity index (χ1n) is 6.30. The van der Waals surface area contributed by atoms with Crippen LogP contribution in [0.4, 0.5) is 5.82 Å². The third kappa shape index (κ3) is 3.12. The number of anilines is 1. The van der Waals surface area contributed by atoms with Crippen LogP contribution >= 0.6 is 11.6 Å². The van der Waals surface area contributed by atoms with Crippen molar-refractivity contribution in [3.63, 3.8) is 0 Å². The lowest BCUT2D eigenvalue weighted by molar-refractivity contribution is 0.178. The lowest BCUT2D eigenvalue weighted by Crippen LogP contribution is -2.31. The summed E-state index contributed by atoms with van der Waals surface area (Å²) in [4.78, 5) is 8.54. The third-order valence-corrected chi connectivity index (χ3v) is 3.79. The molecule has 0 saturated heterocycles. The zero-order valence-electron chi connectivity index (χ0n) is 11.2. The van der Waals surface area contributed by atoms with E-state index in [0.717, 1.165) is 5.82 Å². The second-order valence-corrected chi connectivity index (χ2v) is 5.89. The number of rotatable bonds is 4. The fourth-order valence-corrected chi connectivity index (χ4v) is 2.71. The maximum atomic E-state index is 6.00. The molecule has 1 aromatic heterocycles. The van der Waals surface area contributed by atoms with E-state index in [1.807, 2.05) is 0 Å². The first-order chi connectivity index (χ1) is 8.51. The van der Waals surface area contributed by atoms with Crippen molar-refractivity contribution in [3.8, 4) is 0 Å². The molecule has 1 aromatic rings. The SMILES string of the molecule is COCc1nc(Cl)cc(NC2CCCC2(C)C)n1. The molecule has 1 saturated carbocycles. The van der Waals surface area contributed by atoms with Gasteiger partial charge in [-0.3, -0.25) is 0 Å². The molecule has 1 unspecified atom stereocenters. The molecule has 2 rings (SSSR count). The molecule has 1 aliphatic rings. The Hall–Kier alpha value is -0.870. The fraction of sp³-hybridized carbons (Fsp3) is 0.692. The summed E-state index contributed by atoms with van der Waals surface area (Å²) in [5, 5.41) is 3.93. The van der Waals surface area contributed by atoms with Gasteiger partial charge in [0.05, 0.1) is 0 Å². The summed E-state index contributed by atoms with van der Waals surface area (Å²) in [5.41, 5.74) is 0.304. The van der Waals surface area contributed by atoms with Crippen molar-refractivity contribution in [1.82, 2.24) is 9.97 Å². The van der Waals surface area contributed by atoms with E-state index in [0.29, 0.717) is 29.0 Å². The Morgan fingerprint density at radius 3 is 2.89 bits per heavy atom. The summed E-state index contributed by atoms with van der Waals surface area (Å²) in [7, 11) is 1.62. The van der Waals surface area contributed by atoms with Crippen LogP contribution in [0.2, 0.25) is 5.15 Å². The third-order valence-electron chi connectivity index (χ3n) is 3.59. The maximum Gasteiger partial charge on any atom is 0.158 e. The minimum atomic E-state index is 0.304. The van der Waals surface area contributed by atoms with Gasteiger partial charge in [-0.25, -0.2) is 9.97 Å². The molecule has 1 N–H and O–H groups in total. The van der Waals surface area contributed by atoms with Crippen LogP contribution in [0.5, 0.6) is 0 Å². The van der Waals surface area contributed by atoms with Gasteiger partial charge in [0.2, 0.25) is 0 Å². The van der Waals surface area contributed by atoms with E-state index in [9.17, 15) is 0 Å². The van der Waals surface area contributed by atoms with Gasteiger partial charge >= 0.3 is 0 Å². The summed E-state index contributed by atoms with van der Waals surface area (Å²) in [6.07, 6.45) is 3.68. The molecule has 1 heterocycles. The molecule has 4 nitrogen and oxygen atoms in total.